The fraction of sp³-hybridized carbons (Fsp3) is 0.400. The van der Waals surface area contributed by atoms with Crippen molar-refractivity contribution in [3.8, 4) is 0 Å². The minimum Gasteiger partial charge on any atom is -0.382 e. The Bertz CT molecular complexity index is 528. The van der Waals surface area contributed by atoms with E-state index in [1.54, 1.807) is 0 Å². The standard InChI is InChI=1S/C10H11ClF3NO2S/c1-18(16,17)6-5-15-9-7(10(12,13)14)3-2-4-8(9)11/h2-4,15H,5-6H2,1H3. The van der Waals surface area contributed by atoms with Crippen LogP contribution in [0.4, 0.5) is 18.9 Å². The Kier molecular flexibility index (Phi) is 4.50. The maximum atomic E-state index is 12.7. The van der Waals surface area contributed by atoms with Gasteiger partial charge in [0.25, 0.3) is 0 Å². The predicted octanol–water partition coefficient (Wildman–Crippen LogP) is 2.82. The first-order chi connectivity index (χ1) is 8.11. The van der Waals surface area contributed by atoms with E-state index in [1.807, 2.05) is 0 Å². The number of anilines is 1. The SMILES string of the molecule is CS(=O)(=O)CCNc1c(Cl)cccc1C(F)(F)F. The first-order valence-corrected chi connectivity index (χ1v) is 7.32. The summed E-state index contributed by atoms with van der Waals surface area (Å²) in [5, 5.41) is 2.31. The lowest BCUT2D eigenvalue weighted by molar-refractivity contribution is -0.136. The van der Waals surface area contributed by atoms with Crippen LogP contribution in [0.2, 0.25) is 5.02 Å². The van der Waals surface area contributed by atoms with Crippen LogP contribution >= 0.6 is 11.6 Å². The third kappa shape index (κ3) is 4.38. The molecule has 0 radical (unpaired) electrons. The van der Waals surface area contributed by atoms with E-state index in [0.29, 0.717) is 0 Å². The van der Waals surface area contributed by atoms with Crippen molar-refractivity contribution in [3.63, 3.8) is 0 Å². The Morgan fingerprint density at radius 2 is 1.94 bits per heavy atom. The molecule has 1 rings (SSSR count). The molecule has 8 heteroatoms. The van der Waals surface area contributed by atoms with Crippen molar-refractivity contribution < 1.29 is 21.6 Å². The van der Waals surface area contributed by atoms with Crippen LogP contribution in [0.1, 0.15) is 5.56 Å². The van der Waals surface area contributed by atoms with Gasteiger partial charge in [-0.15, -0.1) is 0 Å². The molecule has 0 aliphatic rings. The molecule has 0 aromatic heterocycles. The van der Waals surface area contributed by atoms with E-state index in [4.69, 9.17) is 11.6 Å². The Hall–Kier alpha value is -0.950. The van der Waals surface area contributed by atoms with Gasteiger partial charge in [-0.25, -0.2) is 8.42 Å². The van der Waals surface area contributed by atoms with Crippen LogP contribution < -0.4 is 5.32 Å². The molecular weight excluding hydrogens is 291 g/mol. The molecule has 1 aromatic rings. The maximum absolute atomic E-state index is 12.7. The highest BCUT2D eigenvalue weighted by atomic mass is 35.5. The van der Waals surface area contributed by atoms with Gasteiger partial charge in [0.05, 0.1) is 22.0 Å². The van der Waals surface area contributed by atoms with E-state index < -0.39 is 21.6 Å². The summed E-state index contributed by atoms with van der Waals surface area (Å²) in [6.45, 7) is -0.133. The summed E-state index contributed by atoms with van der Waals surface area (Å²) in [5.41, 5.74) is -1.21. The highest BCUT2D eigenvalue weighted by Gasteiger charge is 2.34. The zero-order valence-electron chi connectivity index (χ0n) is 9.38. The third-order valence-corrected chi connectivity index (χ3v) is 3.35. The second-order valence-electron chi connectivity index (χ2n) is 3.72. The lowest BCUT2D eigenvalue weighted by Crippen LogP contribution is -2.17. The summed E-state index contributed by atoms with van der Waals surface area (Å²) < 4.78 is 59.8. The summed E-state index contributed by atoms with van der Waals surface area (Å²) in [5.74, 6) is -0.268. The molecule has 0 aliphatic carbocycles. The van der Waals surface area contributed by atoms with Crippen LogP contribution in [-0.2, 0) is 16.0 Å². The number of alkyl halides is 3. The van der Waals surface area contributed by atoms with Gasteiger partial charge in [-0.3, -0.25) is 0 Å². The van der Waals surface area contributed by atoms with Crippen LogP contribution in [0.15, 0.2) is 18.2 Å². The molecule has 102 valence electrons. The first-order valence-electron chi connectivity index (χ1n) is 4.88. The van der Waals surface area contributed by atoms with E-state index >= 15 is 0 Å². The first kappa shape index (κ1) is 15.1. The average Bonchev–Trinajstić information content (AvgIpc) is 2.16. The molecule has 0 saturated heterocycles. The topological polar surface area (TPSA) is 46.2 Å². The normalized spacial score (nSPS) is 12.5. The fourth-order valence-electron chi connectivity index (χ4n) is 1.30. The number of hydrogen-bond acceptors (Lipinski definition) is 3. The molecule has 1 N–H and O–H groups in total. The molecule has 0 atom stereocenters. The minimum atomic E-state index is -4.54. The second kappa shape index (κ2) is 5.36. The third-order valence-electron chi connectivity index (χ3n) is 2.09. The summed E-state index contributed by atoms with van der Waals surface area (Å²) >= 11 is 5.67. The van der Waals surface area contributed by atoms with E-state index in [-0.39, 0.29) is 23.0 Å². The number of nitrogens with one attached hydrogen (secondary N) is 1. The Labute approximate surface area is 108 Å². The molecule has 0 fully saturated rings. The molecule has 18 heavy (non-hydrogen) atoms. The quantitative estimate of drug-likeness (QED) is 0.930. The maximum Gasteiger partial charge on any atom is 0.418 e. The van der Waals surface area contributed by atoms with Crippen molar-refractivity contribution >= 4 is 27.1 Å². The molecule has 3 nitrogen and oxygen atoms in total. The van der Waals surface area contributed by atoms with Crippen LogP contribution in [-0.4, -0.2) is 27.0 Å². The molecule has 1 aromatic carbocycles. The van der Waals surface area contributed by atoms with Gasteiger partial charge in [-0.2, -0.15) is 13.2 Å². The minimum absolute atomic E-state index is 0.0988. The van der Waals surface area contributed by atoms with E-state index in [9.17, 15) is 21.6 Å². The molecule has 0 saturated carbocycles. The number of benzene rings is 1. The number of hydrogen-bond donors (Lipinski definition) is 1. The van der Waals surface area contributed by atoms with Crippen molar-refractivity contribution in [2.24, 2.45) is 0 Å². The van der Waals surface area contributed by atoms with Gasteiger partial charge < -0.3 is 5.32 Å². The molecule has 0 bridgehead atoms. The highest BCUT2D eigenvalue weighted by Crippen LogP contribution is 2.38. The average molecular weight is 302 g/mol. The van der Waals surface area contributed by atoms with Crippen LogP contribution in [0.5, 0.6) is 0 Å². The van der Waals surface area contributed by atoms with Crippen molar-refractivity contribution in [1.29, 1.82) is 0 Å². The van der Waals surface area contributed by atoms with Gasteiger partial charge in [0.2, 0.25) is 0 Å². The lowest BCUT2D eigenvalue weighted by Gasteiger charge is -2.15. The summed E-state index contributed by atoms with van der Waals surface area (Å²) in [6.07, 6.45) is -3.54. The van der Waals surface area contributed by atoms with Gasteiger partial charge in [0.15, 0.2) is 0 Å². The Morgan fingerprint density at radius 1 is 1.33 bits per heavy atom. The highest BCUT2D eigenvalue weighted by molar-refractivity contribution is 7.90. The number of sulfone groups is 1. The molecular formula is C10H11ClF3NO2S. The van der Waals surface area contributed by atoms with Crippen LogP contribution in [0, 0.1) is 0 Å². The largest absolute Gasteiger partial charge is 0.418 e. The van der Waals surface area contributed by atoms with Gasteiger partial charge in [0.1, 0.15) is 9.84 Å². The Balaban J connectivity index is 2.94. The Morgan fingerprint density at radius 3 is 2.44 bits per heavy atom. The summed E-state index contributed by atoms with van der Waals surface area (Å²) in [6, 6.07) is 3.38. The lowest BCUT2D eigenvalue weighted by atomic mass is 10.1. The predicted molar refractivity (Wildman–Crippen MR) is 64.7 cm³/mol. The van der Waals surface area contributed by atoms with Crippen LogP contribution in [0.3, 0.4) is 0 Å². The number of rotatable bonds is 4. The number of halogens is 4. The summed E-state index contributed by atoms with van der Waals surface area (Å²) in [4.78, 5) is 0. The molecule has 0 unspecified atom stereocenters. The fourth-order valence-corrected chi connectivity index (χ4v) is 2.02. The molecule has 0 aliphatic heterocycles. The zero-order chi connectivity index (χ0) is 14.0. The van der Waals surface area contributed by atoms with Gasteiger partial charge in [-0.1, -0.05) is 17.7 Å². The smallest absolute Gasteiger partial charge is 0.382 e. The monoisotopic (exact) mass is 301 g/mol. The zero-order valence-corrected chi connectivity index (χ0v) is 11.0. The van der Waals surface area contributed by atoms with Crippen molar-refractivity contribution in [1.82, 2.24) is 0 Å². The number of para-hydroxylation sites is 1. The van der Waals surface area contributed by atoms with Gasteiger partial charge in [0, 0.05) is 12.8 Å². The molecule has 0 amide bonds. The van der Waals surface area contributed by atoms with Crippen molar-refractivity contribution in [2.45, 2.75) is 6.18 Å². The summed E-state index contributed by atoms with van der Waals surface area (Å²) in [7, 11) is -3.24. The van der Waals surface area contributed by atoms with E-state index in [1.165, 1.54) is 12.1 Å². The van der Waals surface area contributed by atoms with Gasteiger partial charge in [-0.05, 0) is 12.1 Å². The van der Waals surface area contributed by atoms with Crippen molar-refractivity contribution in [3.05, 3.63) is 28.8 Å². The van der Waals surface area contributed by atoms with Gasteiger partial charge >= 0.3 is 6.18 Å². The molecule has 0 spiro atoms. The second-order valence-corrected chi connectivity index (χ2v) is 6.38. The molecule has 0 heterocycles. The van der Waals surface area contributed by atoms with Crippen molar-refractivity contribution in [2.75, 3.05) is 23.9 Å². The van der Waals surface area contributed by atoms with Crippen LogP contribution in [0.25, 0.3) is 0 Å². The van der Waals surface area contributed by atoms with E-state index in [2.05, 4.69) is 5.32 Å². The van der Waals surface area contributed by atoms with E-state index in [0.717, 1.165) is 12.3 Å².